The fraction of sp³-hybridized carbons (Fsp3) is 0.227. The molecule has 1 saturated heterocycles. The number of rotatable bonds is 5. The van der Waals surface area contributed by atoms with E-state index in [4.69, 9.17) is 4.74 Å². The van der Waals surface area contributed by atoms with E-state index >= 15 is 0 Å². The Bertz CT molecular complexity index is 1260. The highest BCUT2D eigenvalue weighted by molar-refractivity contribution is 6.04. The van der Waals surface area contributed by atoms with Gasteiger partial charge in [0.2, 0.25) is 5.88 Å². The quantitative estimate of drug-likeness (QED) is 0.534. The van der Waals surface area contributed by atoms with Crippen LogP contribution in [-0.2, 0) is 7.05 Å². The number of carbonyl (C=O) groups is 1. The zero-order chi connectivity index (χ0) is 21.4. The summed E-state index contributed by atoms with van der Waals surface area (Å²) in [5.74, 6) is 0.617. The molecular weight excluding hydrogens is 394 g/mol. The average molecular weight is 415 g/mol. The summed E-state index contributed by atoms with van der Waals surface area (Å²) in [6.07, 6.45) is 8.84. The lowest BCUT2D eigenvalue weighted by atomic mass is 10.1. The van der Waals surface area contributed by atoms with E-state index in [0.29, 0.717) is 17.3 Å². The van der Waals surface area contributed by atoms with Gasteiger partial charge >= 0.3 is 0 Å². The van der Waals surface area contributed by atoms with Gasteiger partial charge in [-0.05, 0) is 25.2 Å². The van der Waals surface area contributed by atoms with Crippen molar-refractivity contribution < 1.29 is 9.53 Å². The summed E-state index contributed by atoms with van der Waals surface area (Å²) < 4.78 is 7.56. The third kappa shape index (κ3) is 4.08. The van der Waals surface area contributed by atoms with Gasteiger partial charge in [-0.3, -0.25) is 19.4 Å². The third-order valence-corrected chi connectivity index (χ3v) is 5.16. The minimum absolute atomic E-state index is 0.111. The topological polar surface area (TPSA) is 98.1 Å². The molecule has 5 heterocycles. The van der Waals surface area contributed by atoms with Crippen molar-refractivity contribution >= 4 is 22.6 Å². The van der Waals surface area contributed by atoms with Crippen molar-refractivity contribution in [3.63, 3.8) is 0 Å². The first-order valence-corrected chi connectivity index (χ1v) is 9.91. The number of likely N-dealkylation sites (N-methyl/N-ethyl adjacent to an activating group) is 1. The van der Waals surface area contributed by atoms with E-state index in [1.54, 1.807) is 41.6 Å². The van der Waals surface area contributed by atoms with Crippen LogP contribution < -0.4 is 10.1 Å². The van der Waals surface area contributed by atoms with E-state index in [1.807, 2.05) is 32.4 Å². The third-order valence-electron chi connectivity index (χ3n) is 5.16. The van der Waals surface area contributed by atoms with Gasteiger partial charge in [0.15, 0.2) is 0 Å². The molecule has 1 amide bonds. The van der Waals surface area contributed by atoms with Gasteiger partial charge in [-0.25, -0.2) is 9.97 Å². The Morgan fingerprint density at radius 2 is 1.94 bits per heavy atom. The van der Waals surface area contributed by atoms with Crippen molar-refractivity contribution in [3.05, 3.63) is 60.8 Å². The summed E-state index contributed by atoms with van der Waals surface area (Å²) in [5.41, 5.74) is 3.13. The number of nitrogens with one attached hydrogen (secondary N) is 1. The molecule has 0 atom stereocenters. The van der Waals surface area contributed by atoms with Crippen molar-refractivity contribution in [3.8, 4) is 17.0 Å². The van der Waals surface area contributed by atoms with Gasteiger partial charge in [0, 0.05) is 66.9 Å². The van der Waals surface area contributed by atoms with Crippen LogP contribution in [0.2, 0.25) is 0 Å². The fourth-order valence-electron chi connectivity index (χ4n) is 3.52. The molecule has 1 aliphatic rings. The Hall–Kier alpha value is -3.85. The second-order valence-electron chi connectivity index (χ2n) is 7.69. The summed E-state index contributed by atoms with van der Waals surface area (Å²) >= 11 is 0. The second-order valence-corrected chi connectivity index (χ2v) is 7.69. The van der Waals surface area contributed by atoms with Crippen molar-refractivity contribution in [1.82, 2.24) is 29.6 Å². The number of fused-ring (bicyclic) bond motifs is 1. The lowest BCUT2D eigenvalue weighted by molar-refractivity contribution is 0.0355. The maximum absolute atomic E-state index is 12.7. The Balaban J connectivity index is 1.34. The molecule has 0 unspecified atom stereocenters. The maximum atomic E-state index is 12.7. The van der Waals surface area contributed by atoms with Crippen LogP contribution in [0.1, 0.15) is 10.4 Å². The van der Waals surface area contributed by atoms with E-state index in [1.165, 1.54) is 0 Å². The number of aryl methyl sites for hydroxylation is 1. The van der Waals surface area contributed by atoms with Gasteiger partial charge in [0.05, 0.1) is 17.9 Å². The molecule has 31 heavy (non-hydrogen) atoms. The van der Waals surface area contributed by atoms with Crippen LogP contribution in [0, 0.1) is 0 Å². The molecule has 0 aromatic carbocycles. The number of anilines is 1. The molecule has 9 nitrogen and oxygen atoms in total. The lowest BCUT2D eigenvalue weighted by Gasteiger charge is -2.35. The van der Waals surface area contributed by atoms with Crippen molar-refractivity contribution in [2.45, 2.75) is 6.10 Å². The van der Waals surface area contributed by atoms with Gasteiger partial charge in [-0.1, -0.05) is 0 Å². The van der Waals surface area contributed by atoms with Crippen molar-refractivity contribution in [2.24, 2.45) is 7.05 Å². The minimum Gasteiger partial charge on any atom is -0.472 e. The number of nitrogens with zero attached hydrogens (tertiary/aromatic N) is 6. The summed E-state index contributed by atoms with van der Waals surface area (Å²) in [6, 6.07) is 7.11. The predicted octanol–water partition coefficient (Wildman–Crippen LogP) is 2.37. The number of likely N-dealkylation sites (tertiary alicyclic amines) is 1. The molecule has 1 N–H and O–H groups in total. The van der Waals surface area contributed by atoms with Crippen LogP contribution in [-0.4, -0.2) is 61.8 Å². The highest BCUT2D eigenvalue weighted by Gasteiger charge is 2.25. The molecule has 0 aliphatic carbocycles. The Morgan fingerprint density at radius 1 is 1.06 bits per heavy atom. The summed E-state index contributed by atoms with van der Waals surface area (Å²) in [7, 11) is 3.90. The summed E-state index contributed by atoms with van der Waals surface area (Å²) in [5, 5.41) is 7.92. The molecular formula is C22H21N7O2. The number of amides is 1. The van der Waals surface area contributed by atoms with Crippen LogP contribution in [0.3, 0.4) is 0 Å². The second kappa shape index (κ2) is 7.77. The molecule has 0 spiro atoms. The fourth-order valence-corrected chi connectivity index (χ4v) is 3.52. The summed E-state index contributed by atoms with van der Waals surface area (Å²) in [6.45, 7) is 1.71. The van der Waals surface area contributed by atoms with Crippen LogP contribution in [0.15, 0.2) is 55.2 Å². The zero-order valence-corrected chi connectivity index (χ0v) is 17.2. The van der Waals surface area contributed by atoms with E-state index < -0.39 is 0 Å². The standard InChI is InChI=1S/C22H21N7O2/c1-28-12-18(13-28)31-21-7-14(3-4-23-21)22(30)27-20-6-15-5-16(8-24-19(15)10-25-20)17-9-26-29(2)11-17/h3-11,18H,12-13H2,1-2H3,(H,25,27,30). The first-order chi connectivity index (χ1) is 15.0. The van der Waals surface area contributed by atoms with Gasteiger partial charge in [-0.2, -0.15) is 5.10 Å². The maximum Gasteiger partial charge on any atom is 0.257 e. The largest absolute Gasteiger partial charge is 0.472 e. The molecule has 9 heteroatoms. The molecule has 0 bridgehead atoms. The Labute approximate surface area is 178 Å². The van der Waals surface area contributed by atoms with Crippen LogP contribution >= 0.6 is 0 Å². The van der Waals surface area contributed by atoms with Crippen LogP contribution in [0.25, 0.3) is 22.0 Å². The van der Waals surface area contributed by atoms with Gasteiger partial charge in [-0.15, -0.1) is 0 Å². The SMILES string of the molecule is CN1CC(Oc2cc(C(=O)Nc3cc4cc(-c5cnn(C)c5)cnc4cn3)ccn2)C1. The first kappa shape index (κ1) is 19.1. The molecule has 5 rings (SSSR count). The molecule has 0 radical (unpaired) electrons. The molecule has 1 fully saturated rings. The number of ether oxygens (including phenoxy) is 1. The lowest BCUT2D eigenvalue weighted by Crippen LogP contribution is -2.51. The van der Waals surface area contributed by atoms with Gasteiger partial charge in [0.25, 0.3) is 5.91 Å². The minimum atomic E-state index is -0.277. The van der Waals surface area contributed by atoms with Crippen LogP contribution in [0.5, 0.6) is 5.88 Å². The normalized spacial score (nSPS) is 14.4. The number of pyridine rings is 3. The number of carbonyl (C=O) groups excluding carboxylic acids is 1. The van der Waals surface area contributed by atoms with E-state index in [-0.39, 0.29) is 12.0 Å². The predicted molar refractivity (Wildman–Crippen MR) is 116 cm³/mol. The Kier molecular flexibility index (Phi) is 4.79. The van der Waals surface area contributed by atoms with Crippen molar-refractivity contribution in [1.29, 1.82) is 0 Å². The smallest absolute Gasteiger partial charge is 0.257 e. The average Bonchev–Trinajstić information content (AvgIpc) is 3.19. The van der Waals surface area contributed by atoms with E-state index in [2.05, 4.69) is 30.3 Å². The van der Waals surface area contributed by atoms with E-state index in [0.717, 1.165) is 35.1 Å². The number of aromatic nitrogens is 5. The zero-order valence-electron chi connectivity index (χ0n) is 17.2. The molecule has 1 aliphatic heterocycles. The Morgan fingerprint density at radius 3 is 2.71 bits per heavy atom. The monoisotopic (exact) mass is 415 g/mol. The van der Waals surface area contributed by atoms with E-state index in [9.17, 15) is 4.79 Å². The van der Waals surface area contributed by atoms with Gasteiger partial charge < -0.3 is 10.1 Å². The molecule has 0 saturated carbocycles. The number of hydrogen-bond donors (Lipinski definition) is 1. The highest BCUT2D eigenvalue weighted by Crippen LogP contribution is 2.23. The highest BCUT2D eigenvalue weighted by atomic mass is 16.5. The van der Waals surface area contributed by atoms with Crippen LogP contribution in [0.4, 0.5) is 5.82 Å². The van der Waals surface area contributed by atoms with Gasteiger partial charge in [0.1, 0.15) is 11.9 Å². The number of hydrogen-bond acceptors (Lipinski definition) is 7. The molecule has 4 aromatic heterocycles. The van der Waals surface area contributed by atoms with Crippen molar-refractivity contribution in [2.75, 3.05) is 25.5 Å². The summed E-state index contributed by atoms with van der Waals surface area (Å²) in [4.78, 5) is 27.9. The molecule has 4 aromatic rings. The molecule has 156 valence electrons. The first-order valence-electron chi connectivity index (χ1n) is 9.91.